The lowest BCUT2D eigenvalue weighted by Gasteiger charge is -2.39. The largest absolute Gasteiger partial charge is 0.337 e. The van der Waals surface area contributed by atoms with E-state index in [1.54, 1.807) is 0 Å². The number of hydrogen-bond acceptors (Lipinski definition) is 4. The van der Waals surface area contributed by atoms with Gasteiger partial charge in [-0.25, -0.2) is 9.97 Å². The van der Waals surface area contributed by atoms with Gasteiger partial charge in [-0.2, -0.15) is 0 Å². The highest BCUT2D eigenvalue weighted by molar-refractivity contribution is 7.13. The normalized spacial score (nSPS) is 14.5. The molecule has 2 aromatic heterocycles. The Morgan fingerprint density at radius 3 is 2.58 bits per heavy atom. The number of imidazole rings is 1. The summed E-state index contributed by atoms with van der Waals surface area (Å²) in [7, 11) is 0. The smallest absolute Gasteiger partial charge is 0.265 e. The van der Waals surface area contributed by atoms with Crippen molar-refractivity contribution >= 4 is 17.2 Å². The van der Waals surface area contributed by atoms with Gasteiger partial charge in [0, 0.05) is 43.0 Å². The van der Waals surface area contributed by atoms with E-state index in [4.69, 9.17) is 0 Å². The summed E-state index contributed by atoms with van der Waals surface area (Å²) >= 11 is 1.49. The van der Waals surface area contributed by atoms with Gasteiger partial charge in [0.2, 0.25) is 0 Å². The van der Waals surface area contributed by atoms with Gasteiger partial charge in [-0.05, 0) is 20.8 Å². The monoisotopic (exact) mass is 366 g/mol. The maximum atomic E-state index is 12.6. The van der Waals surface area contributed by atoms with Gasteiger partial charge in [0.15, 0.2) is 0 Å². The number of carbonyl (C=O) groups is 1. The number of aromatic nitrogens is 3. The molecule has 0 N–H and O–H groups in total. The first-order valence-electron chi connectivity index (χ1n) is 8.83. The van der Waals surface area contributed by atoms with Crippen LogP contribution in [0.5, 0.6) is 0 Å². The fraction of sp³-hybridized carbons (Fsp3) is 0.350. The lowest BCUT2D eigenvalue weighted by atomic mass is 9.99. The van der Waals surface area contributed by atoms with Crippen molar-refractivity contribution in [2.45, 2.75) is 27.3 Å². The van der Waals surface area contributed by atoms with Crippen LogP contribution in [-0.2, 0) is 6.54 Å². The van der Waals surface area contributed by atoms with E-state index < -0.39 is 0 Å². The number of nitrogens with zero attached hydrogens (tertiary/aromatic N) is 4. The molecule has 0 unspecified atom stereocenters. The van der Waals surface area contributed by atoms with E-state index in [9.17, 15) is 4.79 Å². The zero-order valence-electron chi connectivity index (χ0n) is 15.3. The van der Waals surface area contributed by atoms with Crippen molar-refractivity contribution in [3.05, 3.63) is 57.8 Å². The second-order valence-electron chi connectivity index (χ2n) is 6.92. The van der Waals surface area contributed by atoms with Crippen molar-refractivity contribution in [1.29, 1.82) is 0 Å². The molecule has 0 spiro atoms. The molecular formula is C20H22N4OS. The average molecular weight is 366 g/mol. The van der Waals surface area contributed by atoms with Gasteiger partial charge in [0.1, 0.15) is 10.7 Å². The van der Waals surface area contributed by atoms with E-state index in [0.717, 1.165) is 52.3 Å². The van der Waals surface area contributed by atoms with Gasteiger partial charge >= 0.3 is 0 Å². The summed E-state index contributed by atoms with van der Waals surface area (Å²) in [5.41, 5.74) is 3.13. The van der Waals surface area contributed by atoms with Crippen LogP contribution in [0, 0.1) is 26.7 Å². The zero-order chi connectivity index (χ0) is 18.3. The molecule has 26 heavy (non-hydrogen) atoms. The summed E-state index contributed by atoms with van der Waals surface area (Å²) in [6.45, 7) is 8.42. The predicted molar refractivity (Wildman–Crippen MR) is 103 cm³/mol. The number of likely N-dealkylation sites (tertiary alicyclic amines) is 1. The average Bonchev–Trinajstić information content (AvgIpc) is 3.12. The Morgan fingerprint density at radius 2 is 1.92 bits per heavy atom. The fourth-order valence-electron chi connectivity index (χ4n) is 3.49. The predicted octanol–water partition coefficient (Wildman–Crippen LogP) is 3.70. The molecule has 0 radical (unpaired) electrons. The van der Waals surface area contributed by atoms with Gasteiger partial charge in [-0.1, -0.05) is 30.3 Å². The van der Waals surface area contributed by atoms with Crippen molar-refractivity contribution in [2.24, 2.45) is 5.92 Å². The molecule has 3 heterocycles. The molecule has 1 aliphatic heterocycles. The third kappa shape index (κ3) is 3.05. The van der Waals surface area contributed by atoms with Crippen LogP contribution in [0.25, 0.3) is 11.4 Å². The summed E-state index contributed by atoms with van der Waals surface area (Å²) in [5.74, 6) is 1.58. The van der Waals surface area contributed by atoms with Crippen molar-refractivity contribution in [1.82, 2.24) is 19.4 Å². The lowest BCUT2D eigenvalue weighted by molar-refractivity contribution is 0.0473. The molecule has 1 aliphatic rings. The van der Waals surface area contributed by atoms with Crippen LogP contribution in [0.15, 0.2) is 36.5 Å². The highest BCUT2D eigenvalue weighted by atomic mass is 32.1. The third-order valence-electron chi connectivity index (χ3n) is 4.87. The van der Waals surface area contributed by atoms with Crippen LogP contribution in [-0.4, -0.2) is 38.4 Å². The van der Waals surface area contributed by atoms with E-state index in [0.29, 0.717) is 5.92 Å². The summed E-state index contributed by atoms with van der Waals surface area (Å²) < 4.78 is 2.27. The van der Waals surface area contributed by atoms with Crippen LogP contribution in [0.2, 0.25) is 0 Å². The molecule has 0 bridgehead atoms. The highest BCUT2D eigenvalue weighted by Crippen LogP contribution is 2.27. The second-order valence-corrected chi connectivity index (χ2v) is 8.13. The number of amides is 1. The summed E-state index contributed by atoms with van der Waals surface area (Å²) in [6, 6.07) is 10.3. The van der Waals surface area contributed by atoms with Gasteiger partial charge in [-0.15, -0.1) is 11.3 Å². The minimum atomic E-state index is 0.120. The number of carbonyl (C=O) groups excluding carboxylic acids is 1. The molecule has 1 amide bonds. The van der Waals surface area contributed by atoms with Crippen molar-refractivity contribution in [3.8, 4) is 11.4 Å². The SMILES string of the molecule is Cc1nc(C)c(C(=O)N2CC(Cn3c(C)cnc3-c3ccccc3)C2)s1. The van der Waals surface area contributed by atoms with Crippen LogP contribution in [0.1, 0.15) is 26.1 Å². The Bertz CT molecular complexity index is 938. The Balaban J connectivity index is 1.44. The molecule has 6 heteroatoms. The highest BCUT2D eigenvalue weighted by Gasteiger charge is 2.33. The quantitative estimate of drug-likeness (QED) is 0.707. The fourth-order valence-corrected chi connectivity index (χ4v) is 4.38. The third-order valence-corrected chi connectivity index (χ3v) is 5.93. The summed E-state index contributed by atoms with van der Waals surface area (Å²) in [4.78, 5) is 24.3. The second kappa shape index (κ2) is 6.68. The van der Waals surface area contributed by atoms with Crippen LogP contribution < -0.4 is 0 Å². The van der Waals surface area contributed by atoms with Crippen LogP contribution in [0.4, 0.5) is 0 Å². The van der Waals surface area contributed by atoms with Gasteiger partial charge in [-0.3, -0.25) is 4.79 Å². The van der Waals surface area contributed by atoms with E-state index in [1.165, 1.54) is 11.3 Å². The van der Waals surface area contributed by atoms with Gasteiger partial charge in [0.25, 0.3) is 5.91 Å². The molecular weight excluding hydrogens is 344 g/mol. The van der Waals surface area contributed by atoms with E-state index in [1.807, 2.05) is 43.1 Å². The minimum Gasteiger partial charge on any atom is -0.337 e. The summed E-state index contributed by atoms with van der Waals surface area (Å²) in [6.07, 6.45) is 1.92. The molecule has 134 valence electrons. The minimum absolute atomic E-state index is 0.120. The Labute approximate surface area is 157 Å². The van der Waals surface area contributed by atoms with Gasteiger partial charge < -0.3 is 9.47 Å². The molecule has 5 nitrogen and oxygen atoms in total. The van der Waals surface area contributed by atoms with Crippen LogP contribution in [0.3, 0.4) is 0 Å². The molecule has 0 aliphatic carbocycles. The first kappa shape index (κ1) is 17.0. The lowest BCUT2D eigenvalue weighted by Crippen LogP contribution is -2.51. The Kier molecular flexibility index (Phi) is 4.36. The molecule has 1 aromatic carbocycles. The van der Waals surface area contributed by atoms with E-state index >= 15 is 0 Å². The number of rotatable bonds is 4. The summed E-state index contributed by atoms with van der Waals surface area (Å²) in [5, 5.41) is 0.949. The Morgan fingerprint density at radius 1 is 1.19 bits per heavy atom. The molecule has 0 saturated carbocycles. The first-order valence-corrected chi connectivity index (χ1v) is 9.65. The molecule has 4 rings (SSSR count). The van der Waals surface area contributed by atoms with Crippen molar-refractivity contribution < 1.29 is 4.79 Å². The molecule has 1 fully saturated rings. The van der Waals surface area contributed by atoms with Crippen molar-refractivity contribution in [3.63, 3.8) is 0 Å². The van der Waals surface area contributed by atoms with Gasteiger partial charge in [0.05, 0.1) is 10.7 Å². The number of benzene rings is 1. The number of hydrogen-bond donors (Lipinski definition) is 0. The van der Waals surface area contributed by atoms with Crippen LogP contribution >= 0.6 is 11.3 Å². The zero-order valence-corrected chi connectivity index (χ0v) is 16.1. The molecule has 3 aromatic rings. The first-order chi connectivity index (χ1) is 12.5. The number of aryl methyl sites for hydroxylation is 3. The van der Waals surface area contributed by atoms with E-state index in [2.05, 4.69) is 33.6 Å². The molecule has 1 saturated heterocycles. The maximum Gasteiger partial charge on any atom is 0.265 e. The topological polar surface area (TPSA) is 51.0 Å². The standard InChI is InChI=1S/C20H22N4OS/c1-13-9-21-19(17-7-5-4-6-8-17)24(13)12-16-10-23(11-16)20(25)18-14(2)22-15(3)26-18/h4-9,16H,10-12H2,1-3H3. The Hall–Kier alpha value is -2.47. The van der Waals surface area contributed by atoms with Crippen molar-refractivity contribution in [2.75, 3.05) is 13.1 Å². The molecule has 0 atom stereocenters. The number of thiazole rings is 1. The van der Waals surface area contributed by atoms with E-state index in [-0.39, 0.29) is 5.91 Å². The maximum absolute atomic E-state index is 12.6.